The zero-order chi connectivity index (χ0) is 15.1. The molecule has 0 fully saturated rings. The first-order chi connectivity index (χ1) is 10.8. The second-order valence-electron chi connectivity index (χ2n) is 5.05. The molecule has 0 saturated heterocycles. The van der Waals surface area contributed by atoms with Gasteiger partial charge < -0.3 is 4.42 Å². The number of hydrogen-bond donors (Lipinski definition) is 0. The Morgan fingerprint density at radius 3 is 2.32 bits per heavy atom. The van der Waals surface area contributed by atoms with Gasteiger partial charge in [-0.3, -0.25) is 10.1 Å². The van der Waals surface area contributed by atoms with Crippen LogP contribution in [0.2, 0.25) is 0 Å². The Bertz CT molecular complexity index is 1020. The van der Waals surface area contributed by atoms with Crippen LogP contribution in [0.1, 0.15) is 0 Å². The maximum absolute atomic E-state index is 11.3. The number of nitro benzene ring substituents is 1. The molecule has 0 amide bonds. The van der Waals surface area contributed by atoms with Crippen LogP contribution in [-0.4, -0.2) is 4.92 Å². The molecule has 0 aliphatic heterocycles. The predicted molar refractivity (Wildman–Crippen MR) is 85.8 cm³/mol. The number of nitrogens with zero attached hydrogens (tertiary/aromatic N) is 1. The van der Waals surface area contributed by atoms with Gasteiger partial charge in [0.15, 0.2) is 0 Å². The minimum atomic E-state index is -0.351. The normalized spacial score (nSPS) is 11.1. The lowest BCUT2D eigenvalue weighted by Gasteiger charge is -2.04. The number of fused-ring (bicyclic) bond motifs is 3. The highest BCUT2D eigenvalue weighted by Crippen LogP contribution is 2.39. The highest BCUT2D eigenvalue weighted by molar-refractivity contribution is 6.13. The van der Waals surface area contributed by atoms with E-state index < -0.39 is 0 Å². The average Bonchev–Trinajstić information content (AvgIpc) is 2.93. The quantitative estimate of drug-likeness (QED) is 0.378. The van der Waals surface area contributed by atoms with Crippen LogP contribution in [-0.2, 0) is 0 Å². The molecule has 4 nitrogen and oxygen atoms in total. The molecule has 0 aliphatic carbocycles. The minimum Gasteiger partial charge on any atom is -0.456 e. The lowest BCUT2D eigenvalue weighted by molar-refractivity contribution is -0.384. The molecule has 0 N–H and O–H groups in total. The molecule has 0 atom stereocenters. The van der Waals surface area contributed by atoms with Gasteiger partial charge in [-0.25, -0.2) is 0 Å². The van der Waals surface area contributed by atoms with Crippen LogP contribution in [0.3, 0.4) is 0 Å². The maximum Gasteiger partial charge on any atom is 0.277 e. The average molecular weight is 289 g/mol. The Morgan fingerprint density at radius 1 is 0.773 bits per heavy atom. The van der Waals surface area contributed by atoms with Crippen molar-refractivity contribution in [2.45, 2.75) is 0 Å². The molecule has 1 heterocycles. The van der Waals surface area contributed by atoms with Gasteiger partial charge in [-0.2, -0.15) is 0 Å². The molecule has 4 rings (SSSR count). The van der Waals surface area contributed by atoms with Gasteiger partial charge >= 0.3 is 0 Å². The third kappa shape index (κ3) is 1.78. The summed E-state index contributed by atoms with van der Waals surface area (Å²) < 4.78 is 5.85. The summed E-state index contributed by atoms with van der Waals surface area (Å²) in [5.74, 6) is 0. The van der Waals surface area contributed by atoms with Gasteiger partial charge in [-0.05, 0) is 18.2 Å². The standard InChI is InChI=1S/C18H11NO3/c20-19(21)15-9-3-1-6-12(15)13-8-5-11-17-18(13)14-7-2-4-10-16(14)22-17/h1-11H. The van der Waals surface area contributed by atoms with Crippen molar-refractivity contribution < 1.29 is 9.34 Å². The summed E-state index contributed by atoms with van der Waals surface area (Å²) in [5.41, 5.74) is 3.03. The Morgan fingerprint density at radius 2 is 1.45 bits per heavy atom. The zero-order valence-corrected chi connectivity index (χ0v) is 11.5. The molecule has 3 aromatic carbocycles. The van der Waals surface area contributed by atoms with E-state index in [1.165, 1.54) is 6.07 Å². The summed E-state index contributed by atoms with van der Waals surface area (Å²) >= 11 is 0. The van der Waals surface area contributed by atoms with Gasteiger partial charge in [0.05, 0.1) is 10.5 Å². The molecule has 0 spiro atoms. The Balaban J connectivity index is 2.14. The number of rotatable bonds is 2. The van der Waals surface area contributed by atoms with E-state index in [4.69, 9.17) is 4.42 Å². The Hall–Kier alpha value is -3.14. The molecule has 0 unspecified atom stereocenters. The summed E-state index contributed by atoms with van der Waals surface area (Å²) in [6, 6.07) is 20.1. The summed E-state index contributed by atoms with van der Waals surface area (Å²) in [6.07, 6.45) is 0. The molecule has 0 saturated carbocycles. The summed E-state index contributed by atoms with van der Waals surface area (Å²) in [4.78, 5) is 11.0. The molecular formula is C18H11NO3. The van der Waals surface area contributed by atoms with E-state index in [1.807, 2.05) is 48.5 Å². The Labute approximate surface area is 125 Å². The van der Waals surface area contributed by atoms with Crippen LogP contribution in [0.5, 0.6) is 0 Å². The molecule has 0 radical (unpaired) electrons. The van der Waals surface area contributed by atoms with E-state index in [0.717, 1.165) is 27.5 Å². The molecule has 1 aromatic heterocycles. The first kappa shape index (κ1) is 12.6. The molecule has 106 valence electrons. The van der Waals surface area contributed by atoms with Gasteiger partial charge in [-0.1, -0.05) is 42.5 Å². The molecule has 0 aliphatic rings. The summed E-state index contributed by atoms with van der Waals surface area (Å²) in [7, 11) is 0. The molecule has 4 aromatic rings. The SMILES string of the molecule is O=[N+]([O-])c1ccccc1-c1cccc2oc3ccccc3c12. The fourth-order valence-corrected chi connectivity index (χ4v) is 2.86. The second-order valence-corrected chi connectivity index (χ2v) is 5.05. The van der Waals surface area contributed by atoms with Crippen LogP contribution < -0.4 is 0 Å². The fourth-order valence-electron chi connectivity index (χ4n) is 2.86. The first-order valence-electron chi connectivity index (χ1n) is 6.90. The van der Waals surface area contributed by atoms with Crippen molar-refractivity contribution in [1.29, 1.82) is 0 Å². The number of para-hydroxylation sites is 2. The van der Waals surface area contributed by atoms with Crippen LogP contribution in [0, 0.1) is 10.1 Å². The maximum atomic E-state index is 11.3. The van der Waals surface area contributed by atoms with Crippen LogP contribution in [0.25, 0.3) is 33.1 Å². The first-order valence-corrected chi connectivity index (χ1v) is 6.90. The molecule has 0 bridgehead atoms. The van der Waals surface area contributed by atoms with Crippen LogP contribution in [0.15, 0.2) is 71.1 Å². The van der Waals surface area contributed by atoms with Gasteiger partial charge in [0, 0.05) is 22.4 Å². The van der Waals surface area contributed by atoms with Gasteiger partial charge in [0.2, 0.25) is 0 Å². The van der Waals surface area contributed by atoms with Crippen molar-refractivity contribution >= 4 is 27.6 Å². The van der Waals surface area contributed by atoms with Crippen molar-refractivity contribution in [3.8, 4) is 11.1 Å². The van der Waals surface area contributed by atoms with Gasteiger partial charge in [-0.15, -0.1) is 0 Å². The number of benzene rings is 3. The third-order valence-corrected chi connectivity index (χ3v) is 3.79. The minimum absolute atomic E-state index is 0.0975. The van der Waals surface area contributed by atoms with E-state index in [2.05, 4.69) is 0 Å². The lowest BCUT2D eigenvalue weighted by Crippen LogP contribution is -1.91. The van der Waals surface area contributed by atoms with Gasteiger partial charge in [0.1, 0.15) is 11.2 Å². The van der Waals surface area contributed by atoms with Crippen LogP contribution >= 0.6 is 0 Å². The topological polar surface area (TPSA) is 56.3 Å². The van der Waals surface area contributed by atoms with E-state index in [1.54, 1.807) is 12.1 Å². The largest absolute Gasteiger partial charge is 0.456 e. The number of furan rings is 1. The second kappa shape index (κ2) is 4.70. The van der Waals surface area contributed by atoms with E-state index in [9.17, 15) is 10.1 Å². The van der Waals surface area contributed by atoms with Crippen molar-refractivity contribution in [2.24, 2.45) is 0 Å². The van der Waals surface area contributed by atoms with E-state index >= 15 is 0 Å². The molecular weight excluding hydrogens is 278 g/mol. The predicted octanol–water partition coefficient (Wildman–Crippen LogP) is 5.16. The molecule has 4 heteroatoms. The monoisotopic (exact) mass is 289 g/mol. The van der Waals surface area contributed by atoms with Gasteiger partial charge in [0.25, 0.3) is 5.69 Å². The smallest absolute Gasteiger partial charge is 0.277 e. The van der Waals surface area contributed by atoms with E-state index in [0.29, 0.717) is 5.56 Å². The highest BCUT2D eigenvalue weighted by atomic mass is 16.6. The third-order valence-electron chi connectivity index (χ3n) is 3.79. The highest BCUT2D eigenvalue weighted by Gasteiger charge is 2.18. The summed E-state index contributed by atoms with van der Waals surface area (Å²) in [5, 5.41) is 13.2. The number of nitro groups is 1. The van der Waals surface area contributed by atoms with Crippen molar-refractivity contribution in [3.63, 3.8) is 0 Å². The molecule has 22 heavy (non-hydrogen) atoms. The van der Waals surface area contributed by atoms with Crippen LogP contribution in [0.4, 0.5) is 5.69 Å². The number of hydrogen-bond acceptors (Lipinski definition) is 3. The Kier molecular flexibility index (Phi) is 2.69. The van der Waals surface area contributed by atoms with Crippen molar-refractivity contribution in [2.75, 3.05) is 0 Å². The van der Waals surface area contributed by atoms with E-state index in [-0.39, 0.29) is 10.6 Å². The zero-order valence-electron chi connectivity index (χ0n) is 11.5. The lowest BCUT2D eigenvalue weighted by atomic mass is 9.98. The van der Waals surface area contributed by atoms with Crippen molar-refractivity contribution in [1.82, 2.24) is 0 Å². The van der Waals surface area contributed by atoms with Crippen molar-refractivity contribution in [3.05, 3.63) is 76.8 Å². The summed E-state index contributed by atoms with van der Waals surface area (Å²) in [6.45, 7) is 0. The fraction of sp³-hybridized carbons (Fsp3) is 0.